The minimum atomic E-state index is -3.46. The Labute approximate surface area is 202 Å². The minimum Gasteiger partial charge on any atom is -0.369 e. The molecule has 3 aromatic rings. The van der Waals surface area contributed by atoms with E-state index >= 15 is 0 Å². The number of sulfone groups is 1. The van der Waals surface area contributed by atoms with E-state index in [9.17, 15) is 13.2 Å². The van der Waals surface area contributed by atoms with Crippen LogP contribution >= 0.6 is 0 Å². The van der Waals surface area contributed by atoms with Crippen LogP contribution in [0.4, 0.5) is 5.69 Å². The second kappa shape index (κ2) is 10.8. The summed E-state index contributed by atoms with van der Waals surface area (Å²) in [6.07, 6.45) is 0. The van der Waals surface area contributed by atoms with Gasteiger partial charge in [0, 0.05) is 50.0 Å². The average Bonchev–Trinajstić information content (AvgIpc) is 2.88. The molecule has 1 atom stereocenters. The molecule has 1 unspecified atom stereocenters. The Hall–Kier alpha value is -3.16. The van der Waals surface area contributed by atoms with Crippen LogP contribution in [0.5, 0.6) is 0 Å². The molecule has 1 aliphatic heterocycles. The monoisotopic (exact) mass is 477 g/mol. The maximum Gasteiger partial charge on any atom is 0.251 e. The summed E-state index contributed by atoms with van der Waals surface area (Å²) in [5, 5.41) is 3.02. The number of carbonyl (C=O) groups excluding carboxylic acids is 1. The summed E-state index contributed by atoms with van der Waals surface area (Å²) in [5.41, 5.74) is 2.32. The molecule has 4 rings (SSSR count). The molecule has 1 amide bonds. The maximum absolute atomic E-state index is 12.8. The van der Waals surface area contributed by atoms with E-state index in [1.54, 1.807) is 54.6 Å². The molecule has 1 heterocycles. The van der Waals surface area contributed by atoms with Crippen LogP contribution in [0.15, 0.2) is 89.8 Å². The average molecular weight is 478 g/mol. The molecule has 0 aliphatic carbocycles. The van der Waals surface area contributed by atoms with E-state index in [-0.39, 0.29) is 22.6 Å². The second-order valence-corrected chi connectivity index (χ2v) is 10.7. The van der Waals surface area contributed by atoms with Crippen LogP contribution in [-0.2, 0) is 15.6 Å². The first-order valence-electron chi connectivity index (χ1n) is 11.6. The third-order valence-corrected chi connectivity index (χ3v) is 7.97. The van der Waals surface area contributed by atoms with Gasteiger partial charge in [0.2, 0.25) is 0 Å². The van der Waals surface area contributed by atoms with Gasteiger partial charge in [0.25, 0.3) is 5.91 Å². The van der Waals surface area contributed by atoms with Gasteiger partial charge < -0.3 is 10.2 Å². The number of para-hydroxylation sites is 1. The zero-order chi connectivity index (χ0) is 24.0. The van der Waals surface area contributed by atoms with Gasteiger partial charge in [-0.15, -0.1) is 0 Å². The maximum atomic E-state index is 12.8. The van der Waals surface area contributed by atoms with Crippen LogP contribution in [0.1, 0.15) is 22.8 Å². The van der Waals surface area contributed by atoms with E-state index in [0.29, 0.717) is 17.7 Å². The van der Waals surface area contributed by atoms with Gasteiger partial charge in [-0.05, 0) is 48.9 Å². The molecule has 0 spiro atoms. The standard InChI is InChI=1S/C27H31N3O3S/c1-22(29-15-17-30(18-16-29)25-11-4-2-5-12-25)20-28-27(31)24-10-8-9-23(19-24)21-34(32,33)26-13-6-3-7-14-26/h2-14,19,22H,15-18,20-21H2,1H3,(H,28,31). The summed E-state index contributed by atoms with van der Waals surface area (Å²) in [6, 6.07) is 25.9. The number of anilines is 1. The number of rotatable bonds is 8. The molecular formula is C27H31N3O3S. The van der Waals surface area contributed by atoms with Crippen LogP contribution in [0.2, 0.25) is 0 Å². The van der Waals surface area contributed by atoms with E-state index in [4.69, 9.17) is 0 Å². The number of nitrogens with one attached hydrogen (secondary N) is 1. The molecule has 7 heteroatoms. The van der Waals surface area contributed by atoms with Gasteiger partial charge >= 0.3 is 0 Å². The third-order valence-electron chi connectivity index (χ3n) is 6.27. The topological polar surface area (TPSA) is 69.7 Å². The quantitative estimate of drug-likeness (QED) is 0.537. The Morgan fingerprint density at radius 1 is 0.882 bits per heavy atom. The predicted octanol–water partition coefficient (Wildman–Crippen LogP) is 3.60. The van der Waals surface area contributed by atoms with Crippen LogP contribution in [0, 0.1) is 0 Å². The van der Waals surface area contributed by atoms with Crippen molar-refractivity contribution < 1.29 is 13.2 Å². The lowest BCUT2D eigenvalue weighted by atomic mass is 10.1. The van der Waals surface area contributed by atoms with Gasteiger partial charge in [0.05, 0.1) is 10.6 Å². The van der Waals surface area contributed by atoms with Crippen molar-refractivity contribution in [3.05, 3.63) is 96.1 Å². The molecule has 178 valence electrons. The summed E-state index contributed by atoms with van der Waals surface area (Å²) in [4.78, 5) is 17.8. The highest BCUT2D eigenvalue weighted by Crippen LogP contribution is 2.18. The summed E-state index contributed by atoms with van der Waals surface area (Å²) < 4.78 is 25.4. The molecule has 1 aliphatic rings. The lowest BCUT2D eigenvalue weighted by molar-refractivity contribution is 0.0934. The van der Waals surface area contributed by atoms with E-state index in [0.717, 1.165) is 26.2 Å². The molecular weight excluding hydrogens is 446 g/mol. The summed E-state index contributed by atoms with van der Waals surface area (Å²) in [6.45, 7) is 6.47. The molecule has 3 aromatic carbocycles. The number of nitrogens with zero attached hydrogens (tertiary/aromatic N) is 2. The third kappa shape index (κ3) is 6.04. The fourth-order valence-electron chi connectivity index (χ4n) is 4.26. The van der Waals surface area contributed by atoms with Crippen molar-refractivity contribution in [1.82, 2.24) is 10.2 Å². The minimum absolute atomic E-state index is 0.139. The van der Waals surface area contributed by atoms with E-state index in [1.165, 1.54) is 5.69 Å². The molecule has 0 radical (unpaired) electrons. The van der Waals surface area contributed by atoms with Crippen molar-refractivity contribution in [2.24, 2.45) is 0 Å². The predicted molar refractivity (Wildman–Crippen MR) is 136 cm³/mol. The molecule has 0 aromatic heterocycles. The van der Waals surface area contributed by atoms with E-state index in [1.807, 2.05) is 6.07 Å². The molecule has 1 saturated heterocycles. The van der Waals surface area contributed by atoms with Crippen LogP contribution < -0.4 is 10.2 Å². The SMILES string of the molecule is CC(CNC(=O)c1cccc(CS(=O)(=O)c2ccccc2)c1)N1CCN(c2ccccc2)CC1. The molecule has 1 fully saturated rings. The first-order chi connectivity index (χ1) is 16.4. The Balaban J connectivity index is 1.29. The summed E-state index contributed by atoms with van der Waals surface area (Å²) in [5.74, 6) is -0.325. The largest absolute Gasteiger partial charge is 0.369 e. The highest BCUT2D eigenvalue weighted by Gasteiger charge is 2.22. The van der Waals surface area contributed by atoms with Crippen molar-refractivity contribution in [3.8, 4) is 0 Å². The number of piperazine rings is 1. The Morgan fingerprint density at radius 3 is 2.21 bits per heavy atom. The summed E-state index contributed by atoms with van der Waals surface area (Å²) in [7, 11) is -3.46. The normalized spacial score (nSPS) is 15.6. The summed E-state index contributed by atoms with van der Waals surface area (Å²) >= 11 is 0. The second-order valence-electron chi connectivity index (χ2n) is 8.69. The molecule has 0 bridgehead atoms. The van der Waals surface area contributed by atoms with E-state index < -0.39 is 9.84 Å². The molecule has 1 N–H and O–H groups in total. The first kappa shape index (κ1) is 24.0. The van der Waals surface area contributed by atoms with Crippen LogP contribution in [0.3, 0.4) is 0 Å². The first-order valence-corrected chi connectivity index (χ1v) is 13.3. The Morgan fingerprint density at radius 2 is 1.53 bits per heavy atom. The fraction of sp³-hybridized carbons (Fsp3) is 0.296. The van der Waals surface area contributed by atoms with Crippen molar-refractivity contribution in [2.75, 3.05) is 37.6 Å². The van der Waals surface area contributed by atoms with Crippen molar-refractivity contribution in [3.63, 3.8) is 0 Å². The number of hydrogen-bond acceptors (Lipinski definition) is 5. The molecule has 34 heavy (non-hydrogen) atoms. The lowest BCUT2D eigenvalue weighted by Crippen LogP contribution is -2.52. The fourth-order valence-corrected chi connectivity index (χ4v) is 5.62. The van der Waals surface area contributed by atoms with Gasteiger partial charge in [-0.1, -0.05) is 48.5 Å². The highest BCUT2D eigenvalue weighted by molar-refractivity contribution is 7.90. The van der Waals surface area contributed by atoms with Gasteiger partial charge in [-0.2, -0.15) is 0 Å². The van der Waals surface area contributed by atoms with E-state index in [2.05, 4.69) is 46.3 Å². The smallest absolute Gasteiger partial charge is 0.251 e. The van der Waals surface area contributed by atoms with Crippen LogP contribution in [-0.4, -0.2) is 58.0 Å². The number of benzene rings is 3. The van der Waals surface area contributed by atoms with Crippen molar-refractivity contribution >= 4 is 21.4 Å². The van der Waals surface area contributed by atoms with Gasteiger partial charge in [-0.3, -0.25) is 9.69 Å². The number of carbonyl (C=O) groups is 1. The number of amides is 1. The highest BCUT2D eigenvalue weighted by atomic mass is 32.2. The van der Waals surface area contributed by atoms with Crippen molar-refractivity contribution in [1.29, 1.82) is 0 Å². The van der Waals surface area contributed by atoms with Gasteiger partial charge in [0.1, 0.15) is 0 Å². The molecule has 0 saturated carbocycles. The Kier molecular flexibility index (Phi) is 7.65. The van der Waals surface area contributed by atoms with Crippen molar-refractivity contribution in [2.45, 2.75) is 23.6 Å². The molecule has 6 nitrogen and oxygen atoms in total. The van der Waals surface area contributed by atoms with Crippen LogP contribution in [0.25, 0.3) is 0 Å². The lowest BCUT2D eigenvalue weighted by Gasteiger charge is -2.39. The zero-order valence-electron chi connectivity index (χ0n) is 19.4. The van der Waals surface area contributed by atoms with Gasteiger partial charge in [0.15, 0.2) is 9.84 Å². The van der Waals surface area contributed by atoms with Gasteiger partial charge in [-0.25, -0.2) is 8.42 Å². The Bertz CT molecular complexity index is 1190. The zero-order valence-corrected chi connectivity index (χ0v) is 20.2. The number of hydrogen-bond donors (Lipinski definition) is 1.